The highest BCUT2D eigenvalue weighted by Crippen LogP contribution is 2.10. The van der Waals surface area contributed by atoms with Crippen LogP contribution in [0.25, 0.3) is 0 Å². The Morgan fingerprint density at radius 3 is 2.48 bits per heavy atom. The van der Waals surface area contributed by atoms with Gasteiger partial charge >= 0.3 is 0 Å². The highest BCUT2D eigenvalue weighted by molar-refractivity contribution is 5.78. The van der Waals surface area contributed by atoms with Gasteiger partial charge in [0.2, 0.25) is 5.91 Å². The fourth-order valence-corrected chi connectivity index (χ4v) is 3.12. The average molecular weight is 317 g/mol. The number of hydrogen-bond acceptors (Lipinski definition) is 3. The maximum absolute atomic E-state index is 12.5. The monoisotopic (exact) mass is 317 g/mol. The molecule has 0 aromatic carbocycles. The second-order valence-electron chi connectivity index (χ2n) is 6.42. The minimum absolute atomic E-state index is 0.194. The van der Waals surface area contributed by atoms with E-state index in [1.807, 2.05) is 17.2 Å². The average Bonchev–Trinajstić information content (AvgIpc) is 2.85. The molecule has 2 heterocycles. The molecule has 0 bridgehead atoms. The highest BCUT2D eigenvalue weighted by atomic mass is 16.2. The molecule has 0 unspecified atom stereocenters. The summed E-state index contributed by atoms with van der Waals surface area (Å²) in [5.41, 5.74) is 2.09. The number of carbonyl (C=O) groups excluding carboxylic acids is 1. The molecule has 4 nitrogen and oxygen atoms in total. The van der Waals surface area contributed by atoms with E-state index in [0.29, 0.717) is 6.42 Å². The zero-order valence-electron chi connectivity index (χ0n) is 14.8. The molecule has 0 saturated carbocycles. The van der Waals surface area contributed by atoms with Crippen LogP contribution >= 0.6 is 0 Å². The first-order chi connectivity index (χ1) is 11.2. The Hall–Kier alpha value is -1.42. The number of likely N-dealkylation sites (N-methyl/N-ethyl adjacent to an activating group) is 1. The van der Waals surface area contributed by atoms with Crippen molar-refractivity contribution in [2.45, 2.75) is 52.4 Å². The van der Waals surface area contributed by atoms with Gasteiger partial charge in [-0.3, -0.25) is 9.78 Å². The lowest BCUT2D eigenvalue weighted by atomic mass is 10.2. The number of rotatable bonds is 7. The third-order valence-electron chi connectivity index (χ3n) is 4.75. The lowest BCUT2D eigenvalue weighted by molar-refractivity contribution is -0.130. The van der Waals surface area contributed by atoms with Crippen molar-refractivity contribution in [3.05, 3.63) is 29.6 Å². The molecule has 23 heavy (non-hydrogen) atoms. The van der Waals surface area contributed by atoms with Crippen molar-refractivity contribution < 1.29 is 4.79 Å². The fourth-order valence-electron chi connectivity index (χ4n) is 3.12. The first-order valence-electron chi connectivity index (χ1n) is 9.16. The topological polar surface area (TPSA) is 36.4 Å². The molecular formula is C19H31N3O. The first kappa shape index (κ1) is 17.9. The van der Waals surface area contributed by atoms with Crippen molar-refractivity contribution in [1.29, 1.82) is 0 Å². The fraction of sp³-hybridized carbons (Fsp3) is 0.684. The van der Waals surface area contributed by atoms with Crippen molar-refractivity contribution in [1.82, 2.24) is 14.8 Å². The molecule has 0 atom stereocenters. The summed E-state index contributed by atoms with van der Waals surface area (Å²) in [4.78, 5) is 21.4. The Bertz CT molecular complexity index is 464. The number of likely N-dealkylation sites (tertiary alicyclic amines) is 1. The van der Waals surface area contributed by atoms with Crippen LogP contribution in [0.1, 0.15) is 50.8 Å². The Labute approximate surface area is 140 Å². The summed E-state index contributed by atoms with van der Waals surface area (Å²) in [6.07, 6.45) is 8.59. The van der Waals surface area contributed by atoms with Gasteiger partial charge in [0.05, 0.1) is 6.42 Å². The minimum atomic E-state index is 0.194. The van der Waals surface area contributed by atoms with Crippen LogP contribution in [0.3, 0.4) is 0 Å². The molecule has 1 fully saturated rings. The molecule has 1 saturated heterocycles. The third-order valence-corrected chi connectivity index (χ3v) is 4.75. The molecule has 1 aromatic heterocycles. The summed E-state index contributed by atoms with van der Waals surface area (Å²) in [5.74, 6) is 0.194. The summed E-state index contributed by atoms with van der Waals surface area (Å²) < 4.78 is 0. The van der Waals surface area contributed by atoms with Crippen LogP contribution in [0, 0.1) is 0 Å². The van der Waals surface area contributed by atoms with Gasteiger partial charge in [-0.1, -0.05) is 25.8 Å². The summed E-state index contributed by atoms with van der Waals surface area (Å²) >= 11 is 0. The number of carbonyl (C=O) groups is 1. The van der Waals surface area contributed by atoms with E-state index in [9.17, 15) is 4.79 Å². The van der Waals surface area contributed by atoms with Crippen LogP contribution in [0.2, 0.25) is 0 Å². The standard InChI is InChI=1S/C19H31N3O/c1-3-17-9-10-18(20-16-17)15-19(23)22(4-2)14-13-21-11-7-5-6-8-12-21/h9-10,16H,3-8,11-15H2,1-2H3. The molecule has 0 spiro atoms. The zero-order valence-corrected chi connectivity index (χ0v) is 14.8. The largest absolute Gasteiger partial charge is 0.341 e. The quantitative estimate of drug-likeness (QED) is 0.776. The Kier molecular flexibility index (Phi) is 7.53. The van der Waals surface area contributed by atoms with Gasteiger partial charge in [0.15, 0.2) is 0 Å². The molecule has 0 aliphatic carbocycles. The van der Waals surface area contributed by atoms with Crippen LogP contribution in [0.4, 0.5) is 0 Å². The number of hydrogen-bond donors (Lipinski definition) is 0. The number of pyridine rings is 1. The Morgan fingerprint density at radius 2 is 1.91 bits per heavy atom. The van der Waals surface area contributed by atoms with Gasteiger partial charge in [-0.15, -0.1) is 0 Å². The molecule has 0 radical (unpaired) electrons. The molecule has 0 N–H and O–H groups in total. The van der Waals surface area contributed by atoms with Gasteiger partial charge in [0.25, 0.3) is 0 Å². The number of aryl methyl sites for hydroxylation is 1. The van der Waals surface area contributed by atoms with E-state index < -0.39 is 0 Å². The zero-order chi connectivity index (χ0) is 16.5. The van der Waals surface area contributed by atoms with Crippen LogP contribution in [0.5, 0.6) is 0 Å². The maximum Gasteiger partial charge on any atom is 0.228 e. The second kappa shape index (κ2) is 9.66. The minimum Gasteiger partial charge on any atom is -0.341 e. The summed E-state index contributed by atoms with van der Waals surface area (Å²) in [5, 5.41) is 0. The second-order valence-corrected chi connectivity index (χ2v) is 6.42. The van der Waals surface area contributed by atoms with Crippen molar-refractivity contribution >= 4 is 5.91 Å². The summed E-state index contributed by atoms with van der Waals surface area (Å²) in [7, 11) is 0. The Balaban J connectivity index is 1.82. The van der Waals surface area contributed by atoms with Crippen molar-refractivity contribution in [2.75, 3.05) is 32.7 Å². The van der Waals surface area contributed by atoms with Gasteiger partial charge in [0.1, 0.15) is 0 Å². The van der Waals surface area contributed by atoms with E-state index in [1.165, 1.54) is 44.3 Å². The SMILES string of the molecule is CCc1ccc(CC(=O)N(CC)CCN2CCCCCC2)nc1. The molecule has 2 rings (SSSR count). The van der Waals surface area contributed by atoms with Gasteiger partial charge in [-0.2, -0.15) is 0 Å². The molecule has 4 heteroatoms. The normalized spacial score (nSPS) is 16.1. The molecule has 1 amide bonds. The van der Waals surface area contributed by atoms with Crippen molar-refractivity contribution in [3.63, 3.8) is 0 Å². The molecule has 1 aromatic rings. The Morgan fingerprint density at radius 1 is 1.17 bits per heavy atom. The summed E-state index contributed by atoms with van der Waals surface area (Å²) in [6.45, 7) is 9.17. The van der Waals surface area contributed by atoms with E-state index in [2.05, 4.69) is 29.8 Å². The first-order valence-corrected chi connectivity index (χ1v) is 9.16. The van der Waals surface area contributed by atoms with Gasteiger partial charge in [0, 0.05) is 31.5 Å². The number of aromatic nitrogens is 1. The molecule has 1 aliphatic rings. The van der Waals surface area contributed by atoms with Crippen LogP contribution in [0.15, 0.2) is 18.3 Å². The summed E-state index contributed by atoms with van der Waals surface area (Å²) in [6, 6.07) is 4.06. The predicted molar refractivity (Wildman–Crippen MR) is 94.5 cm³/mol. The molecular weight excluding hydrogens is 286 g/mol. The van der Waals surface area contributed by atoms with E-state index in [0.717, 1.165) is 31.7 Å². The van der Waals surface area contributed by atoms with Gasteiger partial charge in [-0.25, -0.2) is 0 Å². The number of nitrogens with zero attached hydrogens (tertiary/aromatic N) is 3. The predicted octanol–water partition coefficient (Wildman–Crippen LogP) is 2.91. The van der Waals surface area contributed by atoms with E-state index in [1.54, 1.807) is 0 Å². The maximum atomic E-state index is 12.5. The van der Waals surface area contributed by atoms with E-state index in [-0.39, 0.29) is 5.91 Å². The van der Waals surface area contributed by atoms with E-state index >= 15 is 0 Å². The van der Waals surface area contributed by atoms with Gasteiger partial charge < -0.3 is 9.80 Å². The molecule has 128 valence electrons. The lowest BCUT2D eigenvalue weighted by Crippen LogP contribution is -2.39. The van der Waals surface area contributed by atoms with Gasteiger partial charge in [-0.05, 0) is 50.9 Å². The highest BCUT2D eigenvalue weighted by Gasteiger charge is 2.15. The van der Waals surface area contributed by atoms with Crippen LogP contribution in [-0.2, 0) is 17.6 Å². The smallest absolute Gasteiger partial charge is 0.228 e. The van der Waals surface area contributed by atoms with Crippen LogP contribution < -0.4 is 0 Å². The molecule has 1 aliphatic heterocycles. The van der Waals surface area contributed by atoms with Crippen LogP contribution in [-0.4, -0.2) is 53.4 Å². The third kappa shape index (κ3) is 5.94. The van der Waals surface area contributed by atoms with Crippen molar-refractivity contribution in [2.24, 2.45) is 0 Å². The lowest BCUT2D eigenvalue weighted by Gasteiger charge is -2.26. The van der Waals surface area contributed by atoms with Crippen molar-refractivity contribution in [3.8, 4) is 0 Å². The number of amides is 1. The van der Waals surface area contributed by atoms with E-state index in [4.69, 9.17) is 0 Å².